The molecule has 1 aromatic carbocycles. The molecule has 31 heavy (non-hydrogen) atoms. The number of hydrogen-bond donors (Lipinski definition) is 0. The van der Waals surface area contributed by atoms with Crippen molar-refractivity contribution in [3.63, 3.8) is 0 Å². The van der Waals surface area contributed by atoms with Crippen LogP contribution < -0.4 is 0 Å². The predicted molar refractivity (Wildman–Crippen MR) is 123 cm³/mol. The molecule has 6 nitrogen and oxygen atoms in total. The molecule has 8 heteroatoms. The van der Waals surface area contributed by atoms with E-state index in [0.717, 1.165) is 42.4 Å². The average molecular weight is 458 g/mol. The van der Waals surface area contributed by atoms with Gasteiger partial charge in [0.2, 0.25) is 5.91 Å². The van der Waals surface area contributed by atoms with Crippen LogP contribution in [0, 0.1) is 0 Å². The summed E-state index contributed by atoms with van der Waals surface area (Å²) in [4.78, 5) is 34.4. The summed E-state index contributed by atoms with van der Waals surface area (Å²) in [6, 6.07) is 6.91. The van der Waals surface area contributed by atoms with Gasteiger partial charge in [-0.2, -0.15) is 0 Å². The molecule has 162 valence electrons. The number of halogens is 1. The molecule has 0 radical (unpaired) electrons. The number of allylic oxidation sites excluding steroid dienone is 1. The van der Waals surface area contributed by atoms with E-state index in [1.54, 1.807) is 13.0 Å². The molecule has 1 aromatic rings. The van der Waals surface area contributed by atoms with E-state index in [4.69, 9.17) is 16.3 Å². The van der Waals surface area contributed by atoms with Crippen molar-refractivity contribution in [2.75, 3.05) is 19.7 Å². The maximum absolute atomic E-state index is 13.0. The third kappa shape index (κ3) is 4.29. The lowest BCUT2D eigenvalue weighted by Crippen LogP contribution is -2.38. The minimum absolute atomic E-state index is 0.0885. The number of hydrogen-bond acceptors (Lipinski definition) is 6. The van der Waals surface area contributed by atoms with E-state index in [0.29, 0.717) is 16.3 Å². The van der Waals surface area contributed by atoms with Crippen LogP contribution in [-0.4, -0.2) is 46.5 Å². The summed E-state index contributed by atoms with van der Waals surface area (Å²) in [5.41, 5.74) is 2.58. The smallest absolute Gasteiger partial charge is 0.338 e. The van der Waals surface area contributed by atoms with Crippen LogP contribution in [0.4, 0.5) is 0 Å². The first-order valence-electron chi connectivity index (χ1n) is 10.3. The first kappa shape index (κ1) is 21.7. The van der Waals surface area contributed by atoms with E-state index >= 15 is 0 Å². The van der Waals surface area contributed by atoms with Gasteiger partial charge in [0.15, 0.2) is 5.17 Å². The fraction of sp³-hybridized carbons (Fsp3) is 0.348. The molecule has 0 saturated carbocycles. The molecular formula is C23H24ClN3O3S. The summed E-state index contributed by atoms with van der Waals surface area (Å²) < 4.78 is 5.38. The van der Waals surface area contributed by atoms with Crippen molar-refractivity contribution in [1.29, 1.82) is 0 Å². The molecule has 0 aliphatic carbocycles. The van der Waals surface area contributed by atoms with Crippen molar-refractivity contribution in [2.24, 2.45) is 4.99 Å². The van der Waals surface area contributed by atoms with Crippen LogP contribution in [0.1, 0.15) is 37.8 Å². The highest BCUT2D eigenvalue weighted by Gasteiger charge is 2.42. The number of likely N-dealkylation sites (tertiary alicyclic amines) is 1. The largest absolute Gasteiger partial charge is 0.458 e. The third-order valence-corrected chi connectivity index (χ3v) is 6.78. The zero-order chi connectivity index (χ0) is 22.0. The molecule has 3 heterocycles. The van der Waals surface area contributed by atoms with Crippen LogP contribution in [0.3, 0.4) is 0 Å². The van der Waals surface area contributed by atoms with Gasteiger partial charge in [0.25, 0.3) is 0 Å². The number of amides is 1. The van der Waals surface area contributed by atoms with Gasteiger partial charge >= 0.3 is 5.97 Å². The van der Waals surface area contributed by atoms with E-state index < -0.39 is 12.0 Å². The molecule has 0 aromatic heterocycles. The van der Waals surface area contributed by atoms with Crippen LogP contribution in [0.15, 0.2) is 64.3 Å². The lowest BCUT2D eigenvalue weighted by atomic mass is 9.93. The molecule has 1 amide bonds. The highest BCUT2D eigenvalue weighted by molar-refractivity contribution is 8.16. The molecule has 4 rings (SSSR count). The second-order valence-corrected chi connectivity index (χ2v) is 8.81. The highest BCUT2D eigenvalue weighted by atomic mass is 35.5. The lowest BCUT2D eigenvalue weighted by molar-refractivity contribution is -0.138. The van der Waals surface area contributed by atoms with Crippen LogP contribution in [0.5, 0.6) is 0 Å². The molecule has 1 fully saturated rings. The zero-order valence-electron chi connectivity index (χ0n) is 17.3. The Labute approximate surface area is 191 Å². The Kier molecular flexibility index (Phi) is 6.53. The summed E-state index contributed by atoms with van der Waals surface area (Å²) in [6.07, 6.45) is 3.86. The summed E-state index contributed by atoms with van der Waals surface area (Å²) in [6.45, 7) is 7.11. The monoisotopic (exact) mass is 457 g/mol. The van der Waals surface area contributed by atoms with Crippen molar-refractivity contribution in [3.8, 4) is 0 Å². The number of ether oxygens (including phenoxy) is 1. The van der Waals surface area contributed by atoms with Crippen molar-refractivity contribution in [3.05, 3.63) is 69.9 Å². The summed E-state index contributed by atoms with van der Waals surface area (Å²) in [7, 11) is 0. The van der Waals surface area contributed by atoms with Gasteiger partial charge < -0.3 is 14.5 Å². The number of esters is 1. The Morgan fingerprint density at radius 1 is 1.32 bits per heavy atom. The third-order valence-electron chi connectivity index (χ3n) is 5.54. The molecule has 1 saturated heterocycles. The second-order valence-electron chi connectivity index (χ2n) is 7.57. The van der Waals surface area contributed by atoms with Crippen molar-refractivity contribution < 1.29 is 14.3 Å². The normalized spacial score (nSPS) is 20.4. The Balaban J connectivity index is 1.72. The number of fused-ring (bicyclic) bond motifs is 1. The molecule has 1 atom stereocenters. The number of aliphatic imine (C=N–C) groups is 1. The van der Waals surface area contributed by atoms with Gasteiger partial charge in [0.05, 0.1) is 23.7 Å². The van der Waals surface area contributed by atoms with Gasteiger partial charge in [-0.1, -0.05) is 54.2 Å². The van der Waals surface area contributed by atoms with E-state index in [9.17, 15) is 9.59 Å². The van der Waals surface area contributed by atoms with Crippen molar-refractivity contribution in [1.82, 2.24) is 9.80 Å². The highest BCUT2D eigenvalue weighted by Crippen LogP contribution is 2.46. The number of benzene rings is 1. The number of carbonyl (C=O) groups is 2. The summed E-state index contributed by atoms with van der Waals surface area (Å²) >= 11 is 8.02. The van der Waals surface area contributed by atoms with Gasteiger partial charge in [0, 0.05) is 23.8 Å². The first-order valence-corrected chi connectivity index (χ1v) is 11.5. The minimum atomic E-state index is -0.522. The molecule has 0 bridgehead atoms. The van der Waals surface area contributed by atoms with Gasteiger partial charge in [-0.05, 0) is 36.8 Å². The fourth-order valence-electron chi connectivity index (χ4n) is 4.07. The Morgan fingerprint density at radius 2 is 2.06 bits per heavy atom. The van der Waals surface area contributed by atoms with Crippen LogP contribution in [-0.2, 0) is 14.3 Å². The van der Waals surface area contributed by atoms with Crippen LogP contribution >= 0.6 is 23.4 Å². The molecular weight excluding hydrogens is 434 g/mol. The van der Waals surface area contributed by atoms with E-state index in [2.05, 4.69) is 11.6 Å². The summed E-state index contributed by atoms with van der Waals surface area (Å²) in [5.74, 6) is -0.377. The Hall–Kier alpha value is -2.51. The standard InChI is InChI=1S/C23H24ClN3O3S/c1-3-12-30-22(29)20-15(2)25-23-27(21(20)17-8-4-5-9-18(17)24)16(14-31-23)13-19(28)26-10-6-7-11-26/h3-5,8-9,14,21H,1,6-7,10-13H2,2H3. The average Bonchev–Trinajstić information content (AvgIpc) is 3.42. The molecule has 3 aliphatic heterocycles. The maximum Gasteiger partial charge on any atom is 0.338 e. The van der Waals surface area contributed by atoms with Gasteiger partial charge in [0.1, 0.15) is 6.61 Å². The van der Waals surface area contributed by atoms with Crippen LogP contribution in [0.25, 0.3) is 0 Å². The number of carbonyl (C=O) groups excluding carboxylic acids is 2. The quantitative estimate of drug-likeness (QED) is 0.459. The molecule has 1 unspecified atom stereocenters. The SMILES string of the molecule is C=CCOC(=O)C1=C(C)N=C2SC=C(CC(=O)N3CCCC3)N2C1c1ccccc1Cl. The number of thioether (sulfide) groups is 1. The Bertz CT molecular complexity index is 1010. The molecule has 0 spiro atoms. The van der Waals surface area contributed by atoms with Gasteiger partial charge in [-0.25, -0.2) is 9.79 Å². The molecule has 3 aliphatic rings. The lowest BCUT2D eigenvalue weighted by Gasteiger charge is -2.36. The Morgan fingerprint density at radius 3 is 2.77 bits per heavy atom. The van der Waals surface area contributed by atoms with E-state index in [1.807, 2.05) is 33.4 Å². The topological polar surface area (TPSA) is 62.2 Å². The number of nitrogens with zero attached hydrogens (tertiary/aromatic N) is 3. The van der Waals surface area contributed by atoms with E-state index in [-0.39, 0.29) is 18.9 Å². The van der Waals surface area contributed by atoms with E-state index in [1.165, 1.54) is 17.8 Å². The van der Waals surface area contributed by atoms with Gasteiger partial charge in [-0.15, -0.1) is 0 Å². The maximum atomic E-state index is 13.0. The second kappa shape index (κ2) is 9.32. The summed E-state index contributed by atoms with van der Waals surface area (Å²) in [5, 5.41) is 3.21. The predicted octanol–water partition coefficient (Wildman–Crippen LogP) is 4.66. The number of rotatable bonds is 6. The zero-order valence-corrected chi connectivity index (χ0v) is 18.9. The fourth-order valence-corrected chi connectivity index (χ4v) is 5.27. The first-order chi connectivity index (χ1) is 15.0. The van der Waals surface area contributed by atoms with Gasteiger partial charge in [-0.3, -0.25) is 4.79 Å². The minimum Gasteiger partial charge on any atom is -0.458 e. The number of amidine groups is 1. The van der Waals surface area contributed by atoms with Crippen molar-refractivity contribution in [2.45, 2.75) is 32.2 Å². The van der Waals surface area contributed by atoms with Crippen LogP contribution in [0.2, 0.25) is 5.02 Å². The molecule has 0 N–H and O–H groups in total. The van der Waals surface area contributed by atoms with Crippen molar-refractivity contribution >= 4 is 40.4 Å².